The fourth-order valence-electron chi connectivity index (χ4n) is 0.876. The first-order valence-corrected chi connectivity index (χ1v) is 3.51. The molecule has 1 N–H and O–H groups in total. The number of carboxylic acid groups (broad SMARTS) is 1. The summed E-state index contributed by atoms with van der Waals surface area (Å²) >= 11 is 3.92. The predicted octanol–water partition coefficient (Wildman–Crippen LogP) is 0.872. The van der Waals surface area contributed by atoms with Gasteiger partial charge in [0, 0.05) is 0 Å². The molecule has 4 heteroatoms. The topological polar surface area (TPSA) is 40.5 Å². The van der Waals surface area contributed by atoms with Gasteiger partial charge >= 0.3 is 5.97 Å². The van der Waals surface area contributed by atoms with Gasteiger partial charge in [-0.3, -0.25) is 4.79 Å². The predicted molar refractivity (Wildman–Crippen MR) is 43.0 cm³/mol. The Morgan fingerprint density at radius 1 is 1.60 bits per heavy atom. The van der Waals surface area contributed by atoms with Crippen molar-refractivity contribution in [2.45, 2.75) is 19.9 Å². The second kappa shape index (κ2) is 3.83. The first kappa shape index (κ1) is 9.78. The Hall–Kier alpha value is -0.220. The number of nitrogens with zero attached hydrogens (tertiary/aromatic N) is 1. The lowest BCUT2D eigenvalue weighted by Gasteiger charge is -2.21. The highest BCUT2D eigenvalue weighted by Crippen LogP contribution is 2.10. The molecule has 0 aromatic heterocycles. The minimum atomic E-state index is -0.826. The SMILES string of the molecule is CC(C)C(C(=O)O)N(C)S. The minimum Gasteiger partial charge on any atom is -0.480 e. The lowest BCUT2D eigenvalue weighted by atomic mass is 10.1. The molecular formula is C6H13NO2S. The van der Waals surface area contributed by atoms with Gasteiger partial charge < -0.3 is 5.11 Å². The number of aliphatic carboxylic acids is 1. The average molecular weight is 163 g/mol. The van der Waals surface area contributed by atoms with E-state index in [1.807, 2.05) is 13.8 Å². The van der Waals surface area contributed by atoms with E-state index in [9.17, 15) is 4.79 Å². The summed E-state index contributed by atoms with van der Waals surface area (Å²) in [7, 11) is 1.64. The van der Waals surface area contributed by atoms with Gasteiger partial charge in [0.05, 0.1) is 0 Å². The van der Waals surface area contributed by atoms with E-state index < -0.39 is 12.0 Å². The van der Waals surface area contributed by atoms with E-state index in [1.54, 1.807) is 7.05 Å². The third kappa shape index (κ3) is 2.58. The fourth-order valence-corrected chi connectivity index (χ4v) is 1.24. The van der Waals surface area contributed by atoms with Crippen LogP contribution in [0.4, 0.5) is 0 Å². The van der Waals surface area contributed by atoms with Crippen LogP contribution in [0.1, 0.15) is 13.8 Å². The smallest absolute Gasteiger partial charge is 0.322 e. The van der Waals surface area contributed by atoms with Gasteiger partial charge in [-0.2, -0.15) is 0 Å². The Labute approximate surface area is 66.6 Å². The van der Waals surface area contributed by atoms with Crippen molar-refractivity contribution in [2.24, 2.45) is 5.92 Å². The van der Waals surface area contributed by atoms with Crippen LogP contribution in [0.15, 0.2) is 0 Å². The highest BCUT2D eigenvalue weighted by atomic mass is 32.1. The average Bonchev–Trinajstić information content (AvgIpc) is 1.59. The van der Waals surface area contributed by atoms with E-state index in [0.717, 1.165) is 0 Å². The molecule has 0 bridgehead atoms. The van der Waals surface area contributed by atoms with Gasteiger partial charge in [0.1, 0.15) is 6.04 Å². The molecule has 60 valence electrons. The summed E-state index contributed by atoms with van der Waals surface area (Å²) < 4.78 is 1.41. The van der Waals surface area contributed by atoms with Crippen molar-refractivity contribution in [3.63, 3.8) is 0 Å². The molecule has 10 heavy (non-hydrogen) atoms. The number of thiol groups is 1. The number of carbonyl (C=O) groups is 1. The van der Waals surface area contributed by atoms with Crippen LogP contribution in [0.3, 0.4) is 0 Å². The zero-order valence-electron chi connectivity index (χ0n) is 6.40. The molecule has 0 aromatic carbocycles. The standard InChI is InChI=1S/C6H13NO2S/c1-4(2)5(6(8)9)7(3)10/h4-5,10H,1-3H3,(H,8,9). The van der Waals surface area contributed by atoms with Crippen molar-refractivity contribution in [1.29, 1.82) is 0 Å². The molecule has 0 spiro atoms. The molecule has 0 aliphatic carbocycles. The Kier molecular flexibility index (Phi) is 3.75. The van der Waals surface area contributed by atoms with Crippen LogP contribution < -0.4 is 0 Å². The monoisotopic (exact) mass is 163 g/mol. The summed E-state index contributed by atoms with van der Waals surface area (Å²) in [4.78, 5) is 10.5. The summed E-state index contributed by atoms with van der Waals surface area (Å²) in [5.41, 5.74) is 0. The van der Waals surface area contributed by atoms with E-state index in [4.69, 9.17) is 5.11 Å². The fraction of sp³-hybridized carbons (Fsp3) is 0.833. The molecule has 0 heterocycles. The van der Waals surface area contributed by atoms with Crippen molar-refractivity contribution in [2.75, 3.05) is 7.05 Å². The zero-order valence-corrected chi connectivity index (χ0v) is 7.30. The Morgan fingerprint density at radius 2 is 2.00 bits per heavy atom. The van der Waals surface area contributed by atoms with Crippen molar-refractivity contribution in [3.8, 4) is 0 Å². The zero-order chi connectivity index (χ0) is 8.31. The van der Waals surface area contributed by atoms with Crippen LogP contribution >= 0.6 is 12.8 Å². The number of hydrogen-bond acceptors (Lipinski definition) is 3. The normalized spacial score (nSPS) is 14.2. The van der Waals surface area contributed by atoms with Crippen LogP contribution in [-0.4, -0.2) is 28.5 Å². The summed E-state index contributed by atoms with van der Waals surface area (Å²) in [6.45, 7) is 3.71. The van der Waals surface area contributed by atoms with Crippen molar-refractivity contribution < 1.29 is 9.90 Å². The Balaban J connectivity index is 4.12. The lowest BCUT2D eigenvalue weighted by Crippen LogP contribution is -2.36. The van der Waals surface area contributed by atoms with Gasteiger partial charge in [0.25, 0.3) is 0 Å². The molecule has 0 radical (unpaired) electrons. The molecule has 0 aromatic rings. The maximum absolute atomic E-state index is 10.5. The van der Waals surface area contributed by atoms with Gasteiger partial charge in [-0.25, -0.2) is 4.31 Å². The van der Waals surface area contributed by atoms with Crippen LogP contribution in [0.2, 0.25) is 0 Å². The molecule has 0 fully saturated rings. The van der Waals surface area contributed by atoms with Crippen molar-refractivity contribution in [1.82, 2.24) is 4.31 Å². The molecule has 3 nitrogen and oxygen atoms in total. The Bertz CT molecular complexity index is 117. The summed E-state index contributed by atoms with van der Waals surface area (Å²) in [5.74, 6) is -0.743. The molecular weight excluding hydrogens is 150 g/mol. The lowest BCUT2D eigenvalue weighted by molar-refractivity contribution is -0.142. The van der Waals surface area contributed by atoms with E-state index >= 15 is 0 Å². The number of likely N-dealkylation sites (N-methyl/N-ethyl adjacent to an activating group) is 1. The molecule has 0 aliphatic rings. The van der Waals surface area contributed by atoms with Gasteiger partial charge in [-0.1, -0.05) is 26.7 Å². The molecule has 0 saturated carbocycles. The van der Waals surface area contributed by atoms with Gasteiger partial charge in [-0.15, -0.1) is 0 Å². The van der Waals surface area contributed by atoms with Crippen LogP contribution in [0, 0.1) is 5.92 Å². The molecule has 0 saturated heterocycles. The van der Waals surface area contributed by atoms with Gasteiger partial charge in [0.15, 0.2) is 0 Å². The van der Waals surface area contributed by atoms with Crippen LogP contribution in [0.5, 0.6) is 0 Å². The second-order valence-electron chi connectivity index (χ2n) is 2.60. The van der Waals surface area contributed by atoms with E-state index in [-0.39, 0.29) is 5.92 Å². The van der Waals surface area contributed by atoms with Gasteiger partial charge in [-0.05, 0) is 13.0 Å². The first-order valence-electron chi connectivity index (χ1n) is 3.11. The molecule has 0 aliphatic heterocycles. The maximum Gasteiger partial charge on any atom is 0.322 e. The first-order chi connectivity index (χ1) is 4.46. The largest absolute Gasteiger partial charge is 0.480 e. The summed E-state index contributed by atoms with van der Waals surface area (Å²) in [6.07, 6.45) is 0. The highest BCUT2D eigenvalue weighted by molar-refractivity contribution is 7.77. The third-order valence-electron chi connectivity index (χ3n) is 1.29. The number of carboxylic acids is 1. The molecule has 0 amide bonds. The van der Waals surface area contributed by atoms with Gasteiger partial charge in [0.2, 0.25) is 0 Å². The molecule has 1 atom stereocenters. The van der Waals surface area contributed by atoms with Crippen molar-refractivity contribution >= 4 is 18.8 Å². The highest BCUT2D eigenvalue weighted by Gasteiger charge is 2.23. The maximum atomic E-state index is 10.5. The summed E-state index contributed by atoms with van der Waals surface area (Å²) in [6, 6.07) is -0.497. The van der Waals surface area contributed by atoms with Crippen molar-refractivity contribution in [3.05, 3.63) is 0 Å². The Morgan fingerprint density at radius 3 is 2.00 bits per heavy atom. The minimum absolute atomic E-state index is 0.0833. The molecule has 0 rings (SSSR count). The number of rotatable bonds is 3. The summed E-state index contributed by atoms with van der Waals surface area (Å²) in [5, 5.41) is 8.62. The third-order valence-corrected chi connectivity index (χ3v) is 1.54. The van der Waals surface area contributed by atoms with Crippen LogP contribution in [0.25, 0.3) is 0 Å². The van der Waals surface area contributed by atoms with E-state index in [2.05, 4.69) is 12.8 Å². The van der Waals surface area contributed by atoms with E-state index in [0.29, 0.717) is 0 Å². The number of hydrogen-bond donors (Lipinski definition) is 2. The quantitative estimate of drug-likeness (QED) is 0.607. The van der Waals surface area contributed by atoms with E-state index in [1.165, 1.54) is 4.31 Å². The molecule has 1 unspecified atom stereocenters. The second-order valence-corrected chi connectivity index (χ2v) is 3.23. The van der Waals surface area contributed by atoms with Crippen LogP contribution in [-0.2, 0) is 4.79 Å².